The zero-order valence-electron chi connectivity index (χ0n) is 14.1. The molecule has 1 heterocycles. The number of hydrogen-bond donors (Lipinski definition) is 1. The van der Waals surface area contributed by atoms with Crippen molar-refractivity contribution in [1.82, 2.24) is 9.88 Å². The zero-order chi connectivity index (χ0) is 17.4. The molecule has 0 radical (unpaired) electrons. The first kappa shape index (κ1) is 18.1. The van der Waals surface area contributed by atoms with Crippen LogP contribution in [0, 0.1) is 0 Å². The lowest BCUT2D eigenvalue weighted by molar-refractivity contribution is -0.115. The van der Waals surface area contributed by atoms with Gasteiger partial charge in [-0.3, -0.25) is 9.59 Å². The fourth-order valence-electron chi connectivity index (χ4n) is 2.29. The number of carbonyl (C=O) groups excluding carboxylic acids is 2. The molecular formula is C18H23N3O2S. The lowest BCUT2D eigenvalue weighted by Crippen LogP contribution is -2.32. The molecule has 5 nitrogen and oxygen atoms in total. The smallest absolute Gasteiger partial charge is 0.273 e. The Morgan fingerprint density at radius 3 is 2.62 bits per heavy atom. The molecule has 0 aliphatic heterocycles. The molecule has 1 aromatic carbocycles. The summed E-state index contributed by atoms with van der Waals surface area (Å²) in [5.74, 6) is -0.210. The van der Waals surface area contributed by atoms with E-state index < -0.39 is 0 Å². The summed E-state index contributed by atoms with van der Waals surface area (Å²) in [4.78, 5) is 30.5. The highest BCUT2D eigenvalue weighted by atomic mass is 32.1. The maximum absolute atomic E-state index is 12.4. The van der Waals surface area contributed by atoms with Crippen LogP contribution in [0.1, 0.15) is 42.7 Å². The van der Waals surface area contributed by atoms with Crippen LogP contribution in [0.5, 0.6) is 0 Å². The molecule has 2 amide bonds. The van der Waals surface area contributed by atoms with Crippen LogP contribution in [0.2, 0.25) is 0 Å². The maximum Gasteiger partial charge on any atom is 0.273 e. The van der Waals surface area contributed by atoms with E-state index in [4.69, 9.17) is 0 Å². The Morgan fingerprint density at radius 1 is 1.21 bits per heavy atom. The molecule has 0 spiro atoms. The molecule has 1 N–H and O–H groups in total. The highest BCUT2D eigenvalue weighted by molar-refractivity contribution is 7.14. The van der Waals surface area contributed by atoms with Gasteiger partial charge in [0.1, 0.15) is 5.69 Å². The highest BCUT2D eigenvalue weighted by Gasteiger charge is 2.17. The van der Waals surface area contributed by atoms with Gasteiger partial charge in [-0.15, -0.1) is 11.3 Å². The number of rotatable bonds is 8. The molecule has 0 bridgehead atoms. The van der Waals surface area contributed by atoms with Crippen molar-refractivity contribution in [2.75, 3.05) is 18.4 Å². The number of unbranched alkanes of at least 4 members (excludes halogenated alkanes) is 1. The largest absolute Gasteiger partial charge is 0.338 e. The Morgan fingerprint density at radius 2 is 1.96 bits per heavy atom. The fourth-order valence-corrected chi connectivity index (χ4v) is 2.99. The molecule has 128 valence electrons. The van der Waals surface area contributed by atoms with E-state index >= 15 is 0 Å². The normalized spacial score (nSPS) is 10.4. The number of hydrogen-bond acceptors (Lipinski definition) is 4. The summed E-state index contributed by atoms with van der Waals surface area (Å²) in [7, 11) is 0. The summed E-state index contributed by atoms with van der Waals surface area (Å²) in [6.45, 7) is 5.45. The summed E-state index contributed by atoms with van der Waals surface area (Å²) in [5, 5.41) is 4.93. The minimum Gasteiger partial charge on any atom is -0.338 e. The molecule has 0 saturated heterocycles. The molecule has 0 unspecified atom stereocenters. The van der Waals surface area contributed by atoms with Gasteiger partial charge in [-0.2, -0.15) is 0 Å². The molecule has 0 aliphatic carbocycles. The Hall–Kier alpha value is -2.21. The first-order valence-electron chi connectivity index (χ1n) is 8.22. The Balaban J connectivity index is 1.94. The van der Waals surface area contributed by atoms with Crippen molar-refractivity contribution in [3.63, 3.8) is 0 Å². The summed E-state index contributed by atoms with van der Waals surface area (Å²) in [5.41, 5.74) is 1.34. The minimum atomic E-state index is -0.132. The molecule has 6 heteroatoms. The van der Waals surface area contributed by atoms with Crippen molar-refractivity contribution in [2.24, 2.45) is 0 Å². The number of carbonyl (C=O) groups is 2. The van der Waals surface area contributed by atoms with Crippen molar-refractivity contribution in [1.29, 1.82) is 0 Å². The molecule has 0 aliphatic rings. The Bertz CT molecular complexity index is 670. The molecule has 0 fully saturated rings. The van der Waals surface area contributed by atoms with Crippen molar-refractivity contribution in [3.05, 3.63) is 47.0 Å². The van der Waals surface area contributed by atoms with Gasteiger partial charge in [0.25, 0.3) is 5.91 Å². The summed E-state index contributed by atoms with van der Waals surface area (Å²) >= 11 is 1.28. The van der Waals surface area contributed by atoms with Crippen LogP contribution in [0.15, 0.2) is 35.7 Å². The molecule has 1 aromatic heterocycles. The van der Waals surface area contributed by atoms with Gasteiger partial charge >= 0.3 is 0 Å². The number of thiazole rings is 1. The van der Waals surface area contributed by atoms with E-state index in [1.807, 2.05) is 37.3 Å². The number of nitrogens with zero attached hydrogens (tertiary/aromatic N) is 2. The predicted octanol–water partition coefficient (Wildman–Crippen LogP) is 3.59. The number of anilines is 1. The van der Waals surface area contributed by atoms with E-state index in [1.54, 1.807) is 10.3 Å². The third kappa shape index (κ3) is 5.16. The average molecular weight is 345 g/mol. The van der Waals surface area contributed by atoms with Gasteiger partial charge in [0.2, 0.25) is 5.91 Å². The van der Waals surface area contributed by atoms with Crippen LogP contribution in [0.25, 0.3) is 0 Å². The van der Waals surface area contributed by atoms with Crippen molar-refractivity contribution in [3.8, 4) is 0 Å². The highest BCUT2D eigenvalue weighted by Crippen LogP contribution is 2.17. The van der Waals surface area contributed by atoms with Gasteiger partial charge in [-0.05, 0) is 18.9 Å². The quantitative estimate of drug-likeness (QED) is 0.795. The first-order chi connectivity index (χ1) is 11.6. The lowest BCUT2D eigenvalue weighted by Gasteiger charge is -2.19. The predicted molar refractivity (Wildman–Crippen MR) is 97.4 cm³/mol. The average Bonchev–Trinajstić information content (AvgIpc) is 3.04. The third-order valence-corrected chi connectivity index (χ3v) is 4.39. The maximum atomic E-state index is 12.4. The number of amides is 2. The van der Waals surface area contributed by atoms with Gasteiger partial charge in [0.15, 0.2) is 5.13 Å². The minimum absolute atomic E-state index is 0.0780. The van der Waals surface area contributed by atoms with Crippen molar-refractivity contribution in [2.45, 2.75) is 33.1 Å². The second-order valence-corrected chi connectivity index (χ2v) is 6.34. The van der Waals surface area contributed by atoms with E-state index in [0.29, 0.717) is 23.8 Å². The van der Waals surface area contributed by atoms with Crippen LogP contribution in [0.3, 0.4) is 0 Å². The molecule has 0 saturated carbocycles. The summed E-state index contributed by atoms with van der Waals surface area (Å²) < 4.78 is 0. The van der Waals surface area contributed by atoms with Crippen molar-refractivity contribution < 1.29 is 9.59 Å². The standard InChI is InChI=1S/C18H23N3O2S/c1-3-5-11-21(4-2)17(23)15-13-24-18(19-15)20-16(22)12-14-9-7-6-8-10-14/h6-10,13H,3-5,11-12H2,1-2H3,(H,19,20,22). The van der Waals surface area contributed by atoms with E-state index in [0.717, 1.165) is 24.9 Å². The lowest BCUT2D eigenvalue weighted by atomic mass is 10.1. The van der Waals surface area contributed by atoms with E-state index in [2.05, 4.69) is 17.2 Å². The Kier molecular flexibility index (Phi) is 6.93. The first-order valence-corrected chi connectivity index (χ1v) is 9.10. The summed E-state index contributed by atoms with van der Waals surface area (Å²) in [6.07, 6.45) is 2.31. The van der Waals surface area contributed by atoms with Crippen LogP contribution < -0.4 is 5.32 Å². The monoisotopic (exact) mass is 345 g/mol. The fraction of sp³-hybridized carbons (Fsp3) is 0.389. The van der Waals surface area contributed by atoms with Gasteiger partial charge in [-0.1, -0.05) is 43.7 Å². The topological polar surface area (TPSA) is 62.3 Å². The number of benzene rings is 1. The molecule has 2 rings (SSSR count). The van der Waals surface area contributed by atoms with Gasteiger partial charge in [0, 0.05) is 18.5 Å². The van der Waals surface area contributed by atoms with E-state index in [9.17, 15) is 9.59 Å². The molecule has 2 aromatic rings. The van der Waals surface area contributed by atoms with E-state index in [-0.39, 0.29) is 11.8 Å². The second kappa shape index (κ2) is 9.17. The Labute approximate surface area is 146 Å². The van der Waals surface area contributed by atoms with Gasteiger partial charge in [-0.25, -0.2) is 4.98 Å². The van der Waals surface area contributed by atoms with Gasteiger partial charge in [0.05, 0.1) is 6.42 Å². The summed E-state index contributed by atoms with van der Waals surface area (Å²) in [6, 6.07) is 9.53. The third-order valence-electron chi connectivity index (χ3n) is 3.63. The SMILES string of the molecule is CCCCN(CC)C(=O)c1csc(NC(=O)Cc2ccccc2)n1. The second-order valence-electron chi connectivity index (χ2n) is 5.49. The molecule has 24 heavy (non-hydrogen) atoms. The zero-order valence-corrected chi connectivity index (χ0v) is 14.9. The van der Waals surface area contributed by atoms with Crippen LogP contribution in [-0.4, -0.2) is 34.8 Å². The van der Waals surface area contributed by atoms with E-state index in [1.165, 1.54) is 11.3 Å². The number of nitrogens with one attached hydrogen (secondary N) is 1. The van der Waals surface area contributed by atoms with Gasteiger partial charge < -0.3 is 10.2 Å². The van der Waals surface area contributed by atoms with Crippen LogP contribution in [-0.2, 0) is 11.2 Å². The molecular weight excluding hydrogens is 322 g/mol. The molecule has 0 atom stereocenters. The van der Waals surface area contributed by atoms with Crippen LogP contribution in [0.4, 0.5) is 5.13 Å². The van der Waals surface area contributed by atoms with Crippen molar-refractivity contribution >= 4 is 28.3 Å². The van der Waals surface area contributed by atoms with Crippen LogP contribution >= 0.6 is 11.3 Å². The number of aromatic nitrogens is 1.